The van der Waals surface area contributed by atoms with E-state index in [2.05, 4.69) is 19.0 Å². The summed E-state index contributed by atoms with van der Waals surface area (Å²) in [6.45, 7) is 2.98. The number of esters is 1. The molecule has 0 unspecified atom stereocenters. The third kappa shape index (κ3) is 9.34. The van der Waals surface area contributed by atoms with Gasteiger partial charge in [0.15, 0.2) is 0 Å². The molecule has 23 heavy (non-hydrogen) atoms. The molecule has 0 bridgehead atoms. The molecule has 0 amide bonds. The monoisotopic (exact) mass is 325 g/mol. The highest BCUT2D eigenvalue weighted by Gasteiger charge is 2.32. The Kier molecular flexibility index (Phi) is 10.6. The number of ether oxygens (including phenoxy) is 1. The van der Waals surface area contributed by atoms with Crippen molar-refractivity contribution in [1.29, 1.82) is 0 Å². The van der Waals surface area contributed by atoms with Crippen LogP contribution in [0.15, 0.2) is 0 Å². The molecular formula is C20H39NO2. The zero-order chi connectivity index (χ0) is 17.0. The molecule has 0 aromatic rings. The van der Waals surface area contributed by atoms with Gasteiger partial charge in [0.05, 0.1) is 0 Å². The van der Waals surface area contributed by atoms with Gasteiger partial charge in [0.2, 0.25) is 0 Å². The molecule has 1 rings (SSSR count). The Labute approximate surface area is 144 Å². The highest BCUT2D eigenvalue weighted by molar-refractivity contribution is 5.69. The molecule has 136 valence electrons. The molecule has 1 aliphatic rings. The van der Waals surface area contributed by atoms with Crippen molar-refractivity contribution in [2.24, 2.45) is 0 Å². The molecule has 0 aliphatic heterocycles. The molecule has 1 fully saturated rings. The second-order valence-electron chi connectivity index (χ2n) is 7.60. The van der Waals surface area contributed by atoms with Gasteiger partial charge >= 0.3 is 5.97 Å². The Bertz CT molecular complexity index is 303. The zero-order valence-corrected chi connectivity index (χ0v) is 15.9. The second-order valence-corrected chi connectivity index (χ2v) is 7.60. The minimum atomic E-state index is -0.192. The Morgan fingerprint density at radius 1 is 0.913 bits per heavy atom. The molecule has 0 aromatic heterocycles. The molecule has 0 radical (unpaired) electrons. The second kappa shape index (κ2) is 11.9. The van der Waals surface area contributed by atoms with E-state index in [4.69, 9.17) is 4.74 Å². The summed E-state index contributed by atoms with van der Waals surface area (Å²) in [6, 6.07) is 0. The molecule has 0 saturated heterocycles. The number of rotatable bonds is 6. The molecule has 0 heterocycles. The average molecular weight is 326 g/mol. The van der Waals surface area contributed by atoms with E-state index in [1.807, 2.05) is 6.92 Å². The fourth-order valence-corrected chi connectivity index (χ4v) is 3.69. The zero-order valence-electron chi connectivity index (χ0n) is 15.9. The minimum Gasteiger partial charge on any atom is -0.459 e. The van der Waals surface area contributed by atoms with E-state index >= 15 is 0 Å². The molecule has 1 aliphatic carbocycles. The Morgan fingerprint density at radius 3 is 1.83 bits per heavy atom. The summed E-state index contributed by atoms with van der Waals surface area (Å²) in [4.78, 5) is 14.3. The molecule has 0 spiro atoms. The maximum atomic E-state index is 12.0. The van der Waals surface area contributed by atoms with Gasteiger partial charge in [-0.3, -0.25) is 4.79 Å². The first-order valence-electron chi connectivity index (χ1n) is 9.94. The number of nitrogens with zero attached hydrogens (tertiary/aromatic N) is 1. The van der Waals surface area contributed by atoms with E-state index in [1.54, 1.807) is 0 Å². The van der Waals surface area contributed by atoms with Crippen LogP contribution >= 0.6 is 0 Å². The van der Waals surface area contributed by atoms with Crippen molar-refractivity contribution in [3.8, 4) is 0 Å². The minimum absolute atomic E-state index is 0.0121. The summed E-state index contributed by atoms with van der Waals surface area (Å²) in [5.41, 5.74) is -0.192. The van der Waals surface area contributed by atoms with Crippen molar-refractivity contribution in [2.45, 2.75) is 102 Å². The fraction of sp³-hybridized carbons (Fsp3) is 0.950. The van der Waals surface area contributed by atoms with Gasteiger partial charge in [-0.25, -0.2) is 0 Å². The lowest BCUT2D eigenvalue weighted by Gasteiger charge is -2.35. The molecule has 3 heteroatoms. The lowest BCUT2D eigenvalue weighted by Crippen LogP contribution is -2.36. The van der Waals surface area contributed by atoms with Gasteiger partial charge < -0.3 is 9.64 Å². The van der Waals surface area contributed by atoms with Crippen LogP contribution in [0.25, 0.3) is 0 Å². The molecular weight excluding hydrogens is 286 g/mol. The number of carbonyl (C=O) groups is 1. The van der Waals surface area contributed by atoms with E-state index in [0.29, 0.717) is 6.42 Å². The van der Waals surface area contributed by atoms with Crippen molar-refractivity contribution < 1.29 is 9.53 Å². The van der Waals surface area contributed by atoms with Gasteiger partial charge in [0.1, 0.15) is 5.60 Å². The van der Waals surface area contributed by atoms with E-state index < -0.39 is 0 Å². The van der Waals surface area contributed by atoms with Crippen LogP contribution in [0.3, 0.4) is 0 Å². The van der Waals surface area contributed by atoms with Gasteiger partial charge in [-0.15, -0.1) is 0 Å². The Hall–Kier alpha value is -0.570. The molecule has 1 saturated carbocycles. The predicted molar refractivity (Wildman–Crippen MR) is 97.7 cm³/mol. The van der Waals surface area contributed by atoms with Crippen molar-refractivity contribution in [2.75, 3.05) is 20.6 Å². The van der Waals surface area contributed by atoms with Crippen molar-refractivity contribution >= 4 is 5.97 Å². The fourth-order valence-electron chi connectivity index (χ4n) is 3.69. The first kappa shape index (κ1) is 20.5. The highest BCUT2D eigenvalue weighted by Crippen LogP contribution is 2.33. The third-order valence-corrected chi connectivity index (χ3v) is 5.12. The average Bonchev–Trinajstić information content (AvgIpc) is 2.50. The lowest BCUT2D eigenvalue weighted by molar-refractivity contribution is -0.162. The maximum Gasteiger partial charge on any atom is 0.306 e. The van der Waals surface area contributed by atoms with Gasteiger partial charge in [-0.2, -0.15) is 0 Å². The van der Waals surface area contributed by atoms with E-state index in [0.717, 1.165) is 32.2 Å². The quantitative estimate of drug-likeness (QED) is 0.619. The largest absolute Gasteiger partial charge is 0.459 e. The molecule has 0 atom stereocenters. The summed E-state index contributed by atoms with van der Waals surface area (Å²) in [5.74, 6) is -0.0121. The van der Waals surface area contributed by atoms with Gasteiger partial charge in [0.25, 0.3) is 0 Å². The standard InChI is InChI=1S/C20H39NO2/c1-4-19(22)23-20(17-14-18-21(2)3)15-12-10-8-6-5-7-9-11-13-16-20/h4-18H2,1-3H3. The van der Waals surface area contributed by atoms with Crippen molar-refractivity contribution in [3.63, 3.8) is 0 Å². The van der Waals surface area contributed by atoms with Crippen LogP contribution < -0.4 is 0 Å². The van der Waals surface area contributed by atoms with Crippen LogP contribution in [-0.4, -0.2) is 37.1 Å². The van der Waals surface area contributed by atoms with Gasteiger partial charge in [-0.1, -0.05) is 51.9 Å². The van der Waals surface area contributed by atoms with E-state index in [1.165, 1.54) is 57.8 Å². The van der Waals surface area contributed by atoms with Crippen LogP contribution in [0.5, 0.6) is 0 Å². The summed E-state index contributed by atoms with van der Waals surface area (Å²) >= 11 is 0. The SMILES string of the molecule is CCC(=O)OC1(CCCN(C)C)CCCCCCCCCCC1. The summed E-state index contributed by atoms with van der Waals surface area (Å²) in [5, 5.41) is 0. The van der Waals surface area contributed by atoms with E-state index in [9.17, 15) is 4.79 Å². The lowest BCUT2D eigenvalue weighted by atomic mass is 9.84. The van der Waals surface area contributed by atoms with Crippen LogP contribution in [0.4, 0.5) is 0 Å². The van der Waals surface area contributed by atoms with Gasteiger partial charge in [-0.05, 0) is 59.2 Å². The molecule has 0 aromatic carbocycles. The van der Waals surface area contributed by atoms with Crippen LogP contribution in [0, 0.1) is 0 Å². The highest BCUT2D eigenvalue weighted by atomic mass is 16.6. The number of hydrogen-bond acceptors (Lipinski definition) is 3. The summed E-state index contributed by atoms with van der Waals surface area (Å²) in [7, 11) is 4.23. The van der Waals surface area contributed by atoms with Crippen LogP contribution in [0.1, 0.15) is 96.8 Å². The smallest absolute Gasteiger partial charge is 0.306 e. The molecule has 3 nitrogen and oxygen atoms in total. The maximum absolute atomic E-state index is 12.0. The number of carbonyl (C=O) groups excluding carboxylic acids is 1. The first-order valence-corrected chi connectivity index (χ1v) is 9.94. The predicted octanol–water partition coefficient (Wildman–Crippen LogP) is 5.32. The third-order valence-electron chi connectivity index (χ3n) is 5.12. The Morgan fingerprint density at radius 2 is 1.39 bits per heavy atom. The van der Waals surface area contributed by atoms with E-state index in [-0.39, 0.29) is 11.6 Å². The van der Waals surface area contributed by atoms with Crippen molar-refractivity contribution in [3.05, 3.63) is 0 Å². The normalized spacial score (nSPS) is 20.5. The first-order chi connectivity index (χ1) is 11.1. The number of hydrogen-bond donors (Lipinski definition) is 0. The summed E-state index contributed by atoms with van der Waals surface area (Å²) in [6.07, 6.45) is 16.6. The van der Waals surface area contributed by atoms with Crippen molar-refractivity contribution in [1.82, 2.24) is 4.90 Å². The van der Waals surface area contributed by atoms with Gasteiger partial charge in [0, 0.05) is 6.42 Å². The molecule has 0 N–H and O–H groups in total. The Balaban J connectivity index is 2.68. The van der Waals surface area contributed by atoms with Crippen LogP contribution in [0.2, 0.25) is 0 Å². The van der Waals surface area contributed by atoms with Crippen LogP contribution in [-0.2, 0) is 9.53 Å². The summed E-state index contributed by atoms with van der Waals surface area (Å²) < 4.78 is 6.06. The topological polar surface area (TPSA) is 29.5 Å².